The van der Waals surface area contributed by atoms with Crippen LogP contribution in [0.4, 0.5) is 0 Å². The molecule has 3 aromatic heterocycles. The van der Waals surface area contributed by atoms with Crippen molar-refractivity contribution in [1.29, 1.82) is 0 Å². The molecule has 2 bridgehead atoms. The van der Waals surface area contributed by atoms with Gasteiger partial charge < -0.3 is 28.6 Å². The lowest BCUT2D eigenvalue weighted by Gasteiger charge is -2.70. The van der Waals surface area contributed by atoms with Crippen LogP contribution in [0.5, 0.6) is 5.88 Å². The molecule has 4 aliphatic carbocycles. The van der Waals surface area contributed by atoms with Crippen molar-refractivity contribution in [3.05, 3.63) is 55.0 Å². The molecule has 40 heavy (non-hydrogen) atoms. The van der Waals surface area contributed by atoms with Crippen molar-refractivity contribution in [2.24, 2.45) is 17.9 Å². The van der Waals surface area contributed by atoms with Crippen molar-refractivity contribution in [3.8, 4) is 17.0 Å². The van der Waals surface area contributed by atoms with Gasteiger partial charge >= 0.3 is 0 Å². The van der Waals surface area contributed by atoms with Crippen molar-refractivity contribution >= 4 is 21.8 Å². The number of aliphatic hydroxyl groups excluding tert-OH is 1. The van der Waals surface area contributed by atoms with E-state index in [1.807, 2.05) is 24.7 Å². The first-order valence-corrected chi connectivity index (χ1v) is 14.4. The summed E-state index contributed by atoms with van der Waals surface area (Å²) in [5, 5.41) is 11.1. The highest BCUT2D eigenvalue weighted by Gasteiger charge is 2.67. The molecule has 0 aliphatic heterocycles. The number of pyridine rings is 2. The molecule has 4 aromatic rings. The van der Waals surface area contributed by atoms with Crippen molar-refractivity contribution in [3.63, 3.8) is 0 Å². The van der Waals surface area contributed by atoms with E-state index in [9.17, 15) is 0 Å². The van der Waals surface area contributed by atoms with E-state index in [4.69, 9.17) is 24.1 Å². The third-order valence-corrected chi connectivity index (χ3v) is 9.11. The Morgan fingerprint density at radius 3 is 2.45 bits per heavy atom. The summed E-state index contributed by atoms with van der Waals surface area (Å²) in [5.41, 5.74) is 5.33. The van der Waals surface area contributed by atoms with Gasteiger partial charge in [-0.2, -0.15) is 0 Å². The number of fused-ring (bicyclic) bond motifs is 3. The van der Waals surface area contributed by atoms with E-state index >= 15 is 0 Å². The quantitative estimate of drug-likeness (QED) is 0.240. The Morgan fingerprint density at radius 1 is 0.850 bits per heavy atom. The van der Waals surface area contributed by atoms with Crippen LogP contribution in [0, 0.1) is 10.8 Å². The molecule has 1 aromatic carbocycles. The van der Waals surface area contributed by atoms with Crippen LogP contribution in [0.3, 0.4) is 0 Å². The smallest absolute Gasteiger partial charge is 0.213 e. The highest BCUT2D eigenvalue weighted by Crippen LogP contribution is 2.73. The van der Waals surface area contributed by atoms with Gasteiger partial charge in [0.1, 0.15) is 6.10 Å². The number of rotatable bonds is 13. The summed E-state index contributed by atoms with van der Waals surface area (Å²) in [7, 11) is 2.10. The zero-order chi connectivity index (χ0) is 27.2. The fourth-order valence-electron chi connectivity index (χ4n) is 7.18. The first-order valence-electron chi connectivity index (χ1n) is 14.4. The molecular weight excluding hydrogens is 506 g/mol. The standard InChI is InChI=1S/C32H37N3O5/c1-35-28-6-7-33-16-27(28)26-4-2-22(12-29(26)35)23-3-5-30(34-15-23)40-25-13-24(14-25)39-21-32-17-31(18-32,19-32)20-38-11-10-37-9-8-36/h2-7,12,15-16,24-25,36H,8-11,13-14,17-21H2,1H3/t24-,25-,31?,32?. The third kappa shape index (κ3) is 4.77. The van der Waals surface area contributed by atoms with E-state index in [1.54, 1.807) is 0 Å². The van der Waals surface area contributed by atoms with Gasteiger partial charge in [0.2, 0.25) is 5.88 Å². The largest absolute Gasteiger partial charge is 0.474 e. The molecule has 0 unspecified atom stereocenters. The minimum absolute atomic E-state index is 0.0633. The van der Waals surface area contributed by atoms with Gasteiger partial charge in [-0.15, -0.1) is 0 Å². The van der Waals surface area contributed by atoms with E-state index in [0.717, 1.165) is 37.2 Å². The van der Waals surface area contributed by atoms with Crippen LogP contribution in [0.25, 0.3) is 32.9 Å². The zero-order valence-electron chi connectivity index (χ0n) is 23.1. The maximum atomic E-state index is 8.73. The summed E-state index contributed by atoms with van der Waals surface area (Å²) in [6.07, 6.45) is 11.6. The van der Waals surface area contributed by atoms with E-state index in [0.29, 0.717) is 36.5 Å². The molecule has 8 rings (SSSR count). The maximum Gasteiger partial charge on any atom is 0.213 e. The van der Waals surface area contributed by atoms with Crippen molar-refractivity contribution in [1.82, 2.24) is 14.5 Å². The number of ether oxygens (including phenoxy) is 4. The second-order valence-corrected chi connectivity index (χ2v) is 12.1. The Balaban J connectivity index is 0.849. The van der Waals surface area contributed by atoms with Gasteiger partial charge in [-0.25, -0.2) is 4.98 Å². The molecule has 0 atom stereocenters. The van der Waals surface area contributed by atoms with E-state index < -0.39 is 0 Å². The van der Waals surface area contributed by atoms with Crippen LogP contribution in [0.1, 0.15) is 32.1 Å². The zero-order valence-corrected chi connectivity index (χ0v) is 23.1. The summed E-state index contributed by atoms with van der Waals surface area (Å²) in [4.78, 5) is 8.90. The number of nitrogens with zero attached hydrogens (tertiary/aromatic N) is 3. The molecule has 8 heteroatoms. The van der Waals surface area contributed by atoms with Gasteiger partial charge in [-0.1, -0.05) is 12.1 Å². The molecule has 0 amide bonds. The fraction of sp³-hybridized carbons (Fsp3) is 0.500. The number of hydrogen-bond donors (Lipinski definition) is 1. The second kappa shape index (κ2) is 10.4. The monoisotopic (exact) mass is 543 g/mol. The van der Waals surface area contributed by atoms with Crippen LogP contribution in [0.2, 0.25) is 0 Å². The molecule has 1 N–H and O–H groups in total. The molecule has 0 radical (unpaired) electrons. The topological polar surface area (TPSA) is 87.9 Å². The predicted octanol–water partition coefficient (Wildman–Crippen LogP) is 4.91. The second-order valence-electron chi connectivity index (χ2n) is 12.1. The fourth-order valence-corrected chi connectivity index (χ4v) is 7.18. The average Bonchev–Trinajstić information content (AvgIpc) is 3.20. The lowest BCUT2D eigenvalue weighted by atomic mass is 9.35. The SMILES string of the molecule is Cn1c2ccncc2c2ccc(-c3ccc(O[C@H]4C[C@H](OCC56CC(COCCOCCO)(C5)C6)C4)nc3)cc21. The minimum Gasteiger partial charge on any atom is -0.474 e. The van der Waals surface area contributed by atoms with Gasteiger partial charge in [-0.3, -0.25) is 4.98 Å². The molecule has 0 saturated heterocycles. The van der Waals surface area contributed by atoms with Gasteiger partial charge in [0.25, 0.3) is 0 Å². The van der Waals surface area contributed by atoms with Crippen LogP contribution in [-0.2, 0) is 21.3 Å². The Labute approximate surface area is 234 Å². The summed E-state index contributed by atoms with van der Waals surface area (Å²) < 4.78 is 25.7. The first-order chi connectivity index (χ1) is 19.6. The van der Waals surface area contributed by atoms with Crippen LogP contribution >= 0.6 is 0 Å². The van der Waals surface area contributed by atoms with Gasteiger partial charge in [0.05, 0.1) is 51.3 Å². The lowest BCUT2D eigenvalue weighted by molar-refractivity contribution is -0.264. The van der Waals surface area contributed by atoms with Crippen LogP contribution in [-0.4, -0.2) is 71.5 Å². The number of hydrogen-bond acceptors (Lipinski definition) is 7. The Kier molecular flexibility index (Phi) is 6.74. The summed E-state index contributed by atoms with van der Waals surface area (Å²) in [5.74, 6) is 0.673. The number of benzene rings is 1. The van der Waals surface area contributed by atoms with Crippen molar-refractivity contribution in [2.45, 2.75) is 44.3 Å². The highest BCUT2D eigenvalue weighted by molar-refractivity contribution is 6.08. The van der Waals surface area contributed by atoms with Crippen LogP contribution < -0.4 is 4.74 Å². The Hall–Kier alpha value is -3.04. The molecule has 4 saturated carbocycles. The summed E-state index contributed by atoms with van der Waals surface area (Å²) in [6, 6.07) is 12.7. The van der Waals surface area contributed by atoms with Crippen molar-refractivity contribution < 1.29 is 24.1 Å². The molecule has 8 nitrogen and oxygen atoms in total. The molecule has 4 fully saturated rings. The first kappa shape index (κ1) is 25.9. The number of aliphatic hydroxyl groups is 1. The van der Waals surface area contributed by atoms with Crippen LogP contribution in [0.15, 0.2) is 55.0 Å². The normalized spacial score (nSPS) is 26.9. The lowest BCUT2D eigenvalue weighted by Crippen LogP contribution is -2.66. The van der Waals surface area contributed by atoms with Gasteiger partial charge in [-0.05, 0) is 53.9 Å². The molecule has 210 valence electrons. The van der Waals surface area contributed by atoms with Gasteiger partial charge in [0, 0.05) is 66.4 Å². The molecule has 3 heterocycles. The molecule has 4 aliphatic rings. The Bertz CT molecular complexity index is 1470. The molecular formula is C32H37N3O5. The maximum absolute atomic E-state index is 8.73. The van der Waals surface area contributed by atoms with Crippen molar-refractivity contribution in [2.75, 3.05) is 39.6 Å². The van der Waals surface area contributed by atoms with E-state index in [-0.39, 0.29) is 18.8 Å². The number of aryl methyl sites for hydroxylation is 1. The third-order valence-electron chi connectivity index (χ3n) is 9.11. The molecule has 0 spiro atoms. The highest BCUT2D eigenvalue weighted by atomic mass is 16.5. The predicted molar refractivity (Wildman–Crippen MR) is 152 cm³/mol. The van der Waals surface area contributed by atoms with E-state index in [2.05, 4.69) is 51.9 Å². The van der Waals surface area contributed by atoms with E-state index in [1.165, 1.54) is 41.1 Å². The Morgan fingerprint density at radius 2 is 1.65 bits per heavy atom. The minimum atomic E-state index is 0.0633. The average molecular weight is 544 g/mol. The number of aromatic nitrogens is 3. The summed E-state index contributed by atoms with van der Waals surface area (Å²) in [6.45, 7) is 3.27. The van der Waals surface area contributed by atoms with Gasteiger partial charge in [0.15, 0.2) is 0 Å². The summed E-state index contributed by atoms with van der Waals surface area (Å²) >= 11 is 0.